The van der Waals surface area contributed by atoms with Crippen molar-refractivity contribution in [3.05, 3.63) is 23.8 Å². The van der Waals surface area contributed by atoms with Gasteiger partial charge in [0.05, 0.1) is 6.61 Å². The topological polar surface area (TPSA) is 52.3 Å². The fourth-order valence-corrected chi connectivity index (χ4v) is 1.41. The molecule has 0 radical (unpaired) electrons. The van der Waals surface area contributed by atoms with Crippen LogP contribution < -0.4 is 10.5 Å². The lowest BCUT2D eigenvalue weighted by Crippen LogP contribution is -2.10. The molecule has 0 aliphatic heterocycles. The highest BCUT2D eigenvalue weighted by Gasteiger charge is 2.26. The van der Waals surface area contributed by atoms with E-state index in [1.165, 1.54) is 25.1 Å². The van der Waals surface area contributed by atoms with E-state index in [2.05, 4.69) is 0 Å². The van der Waals surface area contributed by atoms with Crippen molar-refractivity contribution in [2.45, 2.75) is 25.9 Å². The van der Waals surface area contributed by atoms with Crippen LogP contribution in [0.2, 0.25) is 0 Å². The Labute approximate surface area is 103 Å². The molecule has 3 nitrogen and oxygen atoms in total. The number of hydrogen-bond acceptors (Lipinski definition) is 3. The molecule has 0 aliphatic rings. The summed E-state index contributed by atoms with van der Waals surface area (Å²) < 4.78 is 40.7. The van der Waals surface area contributed by atoms with Gasteiger partial charge in [0.25, 0.3) is 0 Å². The summed E-state index contributed by atoms with van der Waals surface area (Å²) in [6.45, 7) is 1.34. The number of nitrogen functional groups attached to an aromatic ring is 1. The van der Waals surface area contributed by atoms with E-state index in [1.54, 1.807) is 0 Å². The van der Waals surface area contributed by atoms with Crippen molar-refractivity contribution >= 4 is 11.5 Å². The van der Waals surface area contributed by atoms with Crippen LogP contribution in [0.1, 0.15) is 30.1 Å². The van der Waals surface area contributed by atoms with Gasteiger partial charge >= 0.3 is 6.18 Å². The van der Waals surface area contributed by atoms with Crippen molar-refractivity contribution in [2.75, 3.05) is 12.3 Å². The normalized spacial score (nSPS) is 11.3. The molecule has 1 aromatic carbocycles. The van der Waals surface area contributed by atoms with Crippen LogP contribution in [0.25, 0.3) is 0 Å². The Kier molecular flexibility index (Phi) is 4.58. The minimum Gasteiger partial charge on any atom is -0.494 e. The molecule has 1 aromatic rings. The molecule has 0 saturated heterocycles. The highest BCUT2D eigenvalue weighted by molar-refractivity contribution is 5.99. The molecule has 0 spiro atoms. The number of rotatable bonds is 5. The van der Waals surface area contributed by atoms with Crippen molar-refractivity contribution in [1.82, 2.24) is 0 Å². The van der Waals surface area contributed by atoms with Crippen LogP contribution in [0.5, 0.6) is 5.75 Å². The second-order valence-corrected chi connectivity index (χ2v) is 3.87. The quantitative estimate of drug-likeness (QED) is 0.503. The van der Waals surface area contributed by atoms with Crippen molar-refractivity contribution < 1.29 is 22.7 Å². The number of ether oxygens (including phenoxy) is 1. The summed E-state index contributed by atoms with van der Waals surface area (Å²) in [5, 5.41) is 0. The molecule has 0 unspecified atom stereocenters. The average molecular weight is 261 g/mol. The van der Waals surface area contributed by atoms with Gasteiger partial charge in [-0.3, -0.25) is 4.79 Å². The smallest absolute Gasteiger partial charge is 0.389 e. The SMILES string of the molecule is CC(=O)c1ccc(OCCCC(F)(F)F)cc1N. The van der Waals surface area contributed by atoms with E-state index >= 15 is 0 Å². The number of halogens is 3. The molecular formula is C12H14F3NO2. The van der Waals surface area contributed by atoms with Gasteiger partial charge in [0.15, 0.2) is 5.78 Å². The van der Waals surface area contributed by atoms with Crippen molar-refractivity contribution in [1.29, 1.82) is 0 Å². The first-order valence-corrected chi connectivity index (χ1v) is 5.39. The maximum atomic E-state index is 11.9. The Balaban J connectivity index is 2.49. The fraction of sp³-hybridized carbons (Fsp3) is 0.417. The molecule has 0 saturated carbocycles. The van der Waals surface area contributed by atoms with Crippen LogP contribution in [-0.2, 0) is 0 Å². The Hall–Kier alpha value is -1.72. The monoisotopic (exact) mass is 261 g/mol. The van der Waals surface area contributed by atoms with Crippen LogP contribution in [0.4, 0.5) is 18.9 Å². The summed E-state index contributed by atoms with van der Waals surface area (Å²) in [6.07, 6.45) is -5.16. The molecule has 0 aromatic heterocycles. The number of benzene rings is 1. The van der Waals surface area contributed by atoms with Gasteiger partial charge < -0.3 is 10.5 Å². The first-order chi connectivity index (χ1) is 8.29. The average Bonchev–Trinajstić information content (AvgIpc) is 2.22. The van der Waals surface area contributed by atoms with Gasteiger partial charge in [-0.2, -0.15) is 13.2 Å². The van der Waals surface area contributed by atoms with E-state index in [4.69, 9.17) is 10.5 Å². The minimum atomic E-state index is -4.17. The van der Waals surface area contributed by atoms with E-state index in [1.807, 2.05) is 0 Å². The maximum absolute atomic E-state index is 11.9. The second-order valence-electron chi connectivity index (χ2n) is 3.87. The van der Waals surface area contributed by atoms with Crippen molar-refractivity contribution in [3.8, 4) is 5.75 Å². The lowest BCUT2D eigenvalue weighted by atomic mass is 10.1. The molecule has 0 fully saturated rings. The molecule has 18 heavy (non-hydrogen) atoms. The molecule has 0 amide bonds. The van der Waals surface area contributed by atoms with Gasteiger partial charge in [-0.25, -0.2) is 0 Å². The number of Topliss-reactive ketones (excluding diaryl/α,β-unsaturated/α-hetero) is 1. The number of ketones is 1. The van der Waals surface area contributed by atoms with Gasteiger partial charge in [0.1, 0.15) is 5.75 Å². The van der Waals surface area contributed by atoms with Gasteiger partial charge in [-0.15, -0.1) is 0 Å². The Bertz CT molecular complexity index is 430. The largest absolute Gasteiger partial charge is 0.494 e. The molecule has 0 bridgehead atoms. The van der Waals surface area contributed by atoms with Crippen LogP contribution in [0.15, 0.2) is 18.2 Å². The van der Waals surface area contributed by atoms with Gasteiger partial charge in [-0.1, -0.05) is 0 Å². The molecule has 0 atom stereocenters. The number of hydrogen-bond donors (Lipinski definition) is 1. The third-order valence-electron chi connectivity index (χ3n) is 2.28. The predicted molar refractivity (Wildman–Crippen MR) is 61.6 cm³/mol. The first-order valence-electron chi connectivity index (χ1n) is 5.39. The number of carbonyl (C=O) groups is 1. The van der Waals surface area contributed by atoms with Gasteiger partial charge in [-0.05, 0) is 25.5 Å². The van der Waals surface area contributed by atoms with Crippen molar-refractivity contribution in [3.63, 3.8) is 0 Å². The third-order valence-corrected chi connectivity index (χ3v) is 2.28. The molecule has 6 heteroatoms. The molecule has 1 rings (SSSR count). The van der Waals surface area contributed by atoms with Crippen LogP contribution in [0.3, 0.4) is 0 Å². The van der Waals surface area contributed by atoms with Gasteiger partial charge in [0.2, 0.25) is 0 Å². The highest BCUT2D eigenvalue weighted by atomic mass is 19.4. The van der Waals surface area contributed by atoms with Crippen LogP contribution in [0, 0.1) is 0 Å². The Morgan fingerprint density at radius 3 is 2.56 bits per heavy atom. The zero-order valence-electron chi connectivity index (χ0n) is 9.88. The lowest BCUT2D eigenvalue weighted by Gasteiger charge is -2.09. The second kappa shape index (κ2) is 5.75. The molecular weight excluding hydrogens is 247 g/mol. The summed E-state index contributed by atoms with van der Waals surface area (Å²) >= 11 is 0. The number of nitrogens with two attached hydrogens (primary N) is 1. The summed E-state index contributed by atoms with van der Waals surface area (Å²) in [5.41, 5.74) is 6.25. The zero-order chi connectivity index (χ0) is 13.8. The molecule has 0 heterocycles. The fourth-order valence-electron chi connectivity index (χ4n) is 1.41. The number of carbonyl (C=O) groups excluding carboxylic acids is 1. The molecule has 100 valence electrons. The predicted octanol–water partition coefficient (Wildman–Crippen LogP) is 3.19. The van der Waals surface area contributed by atoms with Crippen LogP contribution >= 0.6 is 0 Å². The van der Waals surface area contributed by atoms with Crippen LogP contribution in [-0.4, -0.2) is 18.6 Å². The van der Waals surface area contributed by atoms with E-state index in [0.717, 1.165) is 0 Å². The third kappa shape index (κ3) is 4.65. The molecule has 0 aliphatic carbocycles. The standard InChI is InChI=1S/C12H14F3NO2/c1-8(17)10-4-3-9(7-11(10)16)18-6-2-5-12(13,14)15/h3-4,7H,2,5-6,16H2,1H3. The number of anilines is 1. The summed E-state index contributed by atoms with van der Waals surface area (Å²) in [4.78, 5) is 11.1. The number of alkyl halides is 3. The minimum absolute atomic E-state index is 0.0433. The van der Waals surface area contributed by atoms with E-state index in [0.29, 0.717) is 11.3 Å². The summed E-state index contributed by atoms with van der Waals surface area (Å²) in [7, 11) is 0. The van der Waals surface area contributed by atoms with E-state index in [-0.39, 0.29) is 24.5 Å². The summed E-state index contributed by atoms with van der Waals surface area (Å²) in [5.74, 6) is 0.191. The van der Waals surface area contributed by atoms with E-state index < -0.39 is 12.6 Å². The van der Waals surface area contributed by atoms with Gasteiger partial charge in [0, 0.05) is 23.7 Å². The lowest BCUT2D eigenvalue weighted by molar-refractivity contribution is -0.136. The highest BCUT2D eigenvalue weighted by Crippen LogP contribution is 2.23. The Morgan fingerprint density at radius 1 is 1.39 bits per heavy atom. The Morgan fingerprint density at radius 2 is 2.06 bits per heavy atom. The first kappa shape index (κ1) is 14.3. The zero-order valence-corrected chi connectivity index (χ0v) is 9.88. The van der Waals surface area contributed by atoms with Crippen molar-refractivity contribution in [2.24, 2.45) is 0 Å². The maximum Gasteiger partial charge on any atom is 0.389 e. The summed E-state index contributed by atoms with van der Waals surface area (Å²) in [6, 6.07) is 4.45. The van der Waals surface area contributed by atoms with E-state index in [9.17, 15) is 18.0 Å². The molecule has 2 N–H and O–H groups in total.